The number of allylic oxidation sites excluding steroid dienone is 2. The van der Waals surface area contributed by atoms with Crippen LogP contribution in [0.25, 0.3) is 0 Å². The van der Waals surface area contributed by atoms with Crippen molar-refractivity contribution in [1.29, 1.82) is 0 Å². The first kappa shape index (κ1) is 18.0. The number of hydrogen-bond donors (Lipinski definition) is 0. The highest BCUT2D eigenvalue weighted by atomic mass is 16.5. The van der Waals surface area contributed by atoms with E-state index in [2.05, 4.69) is 12.2 Å². The van der Waals surface area contributed by atoms with E-state index in [4.69, 9.17) is 9.47 Å². The number of rotatable bonds is 4. The maximum atomic E-state index is 12.5. The molecule has 0 aromatic rings. The third-order valence-electron chi connectivity index (χ3n) is 4.30. The highest BCUT2D eigenvalue weighted by molar-refractivity contribution is 5.84. The Hall–Kier alpha value is -1.32. The molecule has 0 aromatic carbocycles. The van der Waals surface area contributed by atoms with Crippen molar-refractivity contribution in [3.05, 3.63) is 12.2 Å². The molecule has 1 fully saturated rings. The molecule has 4 heteroatoms. The largest absolute Gasteiger partial charge is 0.465 e. The number of hydrogen-bond acceptors (Lipinski definition) is 4. The van der Waals surface area contributed by atoms with Crippen LogP contribution in [0.2, 0.25) is 0 Å². The maximum Gasteiger partial charge on any atom is 0.310 e. The van der Waals surface area contributed by atoms with Gasteiger partial charge < -0.3 is 9.47 Å². The van der Waals surface area contributed by atoms with E-state index in [1.165, 1.54) is 0 Å². The molecule has 4 atom stereocenters. The monoisotopic (exact) mass is 322 g/mol. The van der Waals surface area contributed by atoms with E-state index in [0.717, 1.165) is 6.42 Å². The molecule has 2 aliphatic carbocycles. The Bertz CT molecular complexity index is 448. The van der Waals surface area contributed by atoms with Crippen LogP contribution in [-0.4, -0.2) is 25.2 Å². The molecule has 0 radical (unpaired) electrons. The van der Waals surface area contributed by atoms with Gasteiger partial charge >= 0.3 is 11.9 Å². The molecule has 4 nitrogen and oxygen atoms in total. The second kappa shape index (κ2) is 6.29. The van der Waals surface area contributed by atoms with Gasteiger partial charge in [-0.2, -0.15) is 0 Å². The Morgan fingerprint density at radius 2 is 1.17 bits per heavy atom. The second-order valence-electron chi connectivity index (χ2n) is 9.34. The topological polar surface area (TPSA) is 52.6 Å². The Morgan fingerprint density at radius 1 is 0.826 bits per heavy atom. The molecule has 23 heavy (non-hydrogen) atoms. The van der Waals surface area contributed by atoms with Gasteiger partial charge in [0.05, 0.1) is 25.0 Å². The van der Waals surface area contributed by atoms with E-state index in [-0.39, 0.29) is 46.4 Å². The molecular weight excluding hydrogens is 292 g/mol. The Balaban J connectivity index is 2.03. The number of fused-ring (bicyclic) bond motifs is 2. The standard InChI is InChI=1S/C19H30O4/c1-18(2,3)10-22-16(20)14-12-7-8-13(9-12)15(14)17(21)23-11-19(4,5)6/h7-8,12-15H,9-11H2,1-6H3/t12-,13+,14-,15-/m1/s1. The van der Waals surface area contributed by atoms with Gasteiger partial charge in [-0.3, -0.25) is 9.59 Å². The normalized spacial score (nSPS) is 29.7. The summed E-state index contributed by atoms with van der Waals surface area (Å²) in [5.74, 6) is -1.07. The van der Waals surface area contributed by atoms with Crippen LogP contribution < -0.4 is 0 Å². The molecule has 1 saturated carbocycles. The SMILES string of the molecule is CC(C)(C)COC(=O)[C@H]1[C@H](C(=O)OCC(C)(C)C)[C@H]2C=C[C@@H]1C2. The summed E-state index contributed by atoms with van der Waals surface area (Å²) in [5, 5.41) is 0. The zero-order valence-electron chi connectivity index (χ0n) is 15.2. The summed E-state index contributed by atoms with van der Waals surface area (Å²) in [5.41, 5.74) is -0.156. The molecule has 0 aliphatic heterocycles. The number of ether oxygens (including phenoxy) is 2. The average molecular weight is 322 g/mol. The summed E-state index contributed by atoms with van der Waals surface area (Å²) >= 11 is 0. The smallest absolute Gasteiger partial charge is 0.310 e. The summed E-state index contributed by atoms with van der Waals surface area (Å²) in [4.78, 5) is 25.1. The van der Waals surface area contributed by atoms with E-state index in [9.17, 15) is 9.59 Å². The maximum absolute atomic E-state index is 12.5. The zero-order chi connectivity index (χ0) is 17.4. The van der Waals surface area contributed by atoms with Crippen LogP contribution in [0.1, 0.15) is 48.0 Å². The van der Waals surface area contributed by atoms with E-state index >= 15 is 0 Å². The van der Waals surface area contributed by atoms with Crippen LogP contribution in [-0.2, 0) is 19.1 Å². The molecule has 0 spiro atoms. The molecular formula is C19H30O4. The van der Waals surface area contributed by atoms with Gasteiger partial charge in [-0.25, -0.2) is 0 Å². The Kier molecular flexibility index (Phi) is 4.93. The average Bonchev–Trinajstić information content (AvgIpc) is 3.00. The predicted octanol–water partition coefficient (Wildman–Crippen LogP) is 3.60. The number of esters is 2. The van der Waals surface area contributed by atoms with E-state index in [1.54, 1.807) is 0 Å². The number of carbonyl (C=O) groups excluding carboxylic acids is 2. The lowest BCUT2D eigenvalue weighted by Crippen LogP contribution is -2.37. The lowest BCUT2D eigenvalue weighted by molar-refractivity contribution is -0.164. The zero-order valence-corrected chi connectivity index (χ0v) is 15.2. The fourth-order valence-corrected chi connectivity index (χ4v) is 3.23. The van der Waals surface area contributed by atoms with Crippen LogP contribution in [0.4, 0.5) is 0 Å². The van der Waals surface area contributed by atoms with Crippen molar-refractivity contribution in [3.63, 3.8) is 0 Å². The molecule has 2 rings (SSSR count). The second-order valence-corrected chi connectivity index (χ2v) is 9.34. The highest BCUT2D eigenvalue weighted by Gasteiger charge is 2.53. The van der Waals surface area contributed by atoms with Crippen molar-refractivity contribution in [3.8, 4) is 0 Å². The minimum Gasteiger partial charge on any atom is -0.465 e. The van der Waals surface area contributed by atoms with Crippen LogP contribution >= 0.6 is 0 Å². The molecule has 0 heterocycles. The highest BCUT2D eigenvalue weighted by Crippen LogP contribution is 2.49. The summed E-state index contributed by atoms with van der Waals surface area (Å²) < 4.78 is 11.0. The molecule has 0 N–H and O–H groups in total. The van der Waals surface area contributed by atoms with Crippen molar-refractivity contribution >= 4 is 11.9 Å². The van der Waals surface area contributed by atoms with Crippen LogP contribution in [0, 0.1) is 34.5 Å². The quantitative estimate of drug-likeness (QED) is 0.586. The minimum atomic E-state index is -0.389. The van der Waals surface area contributed by atoms with Gasteiger partial charge in [0.15, 0.2) is 0 Å². The van der Waals surface area contributed by atoms with Gasteiger partial charge in [-0.1, -0.05) is 53.7 Å². The first-order valence-electron chi connectivity index (χ1n) is 8.49. The number of carbonyl (C=O) groups is 2. The molecule has 0 saturated heterocycles. The van der Waals surface area contributed by atoms with E-state index < -0.39 is 0 Å². The van der Waals surface area contributed by atoms with Crippen molar-refractivity contribution in [2.24, 2.45) is 34.5 Å². The van der Waals surface area contributed by atoms with Gasteiger partial charge in [-0.05, 0) is 29.1 Å². The molecule has 0 aromatic heterocycles. The van der Waals surface area contributed by atoms with Gasteiger partial charge in [0.2, 0.25) is 0 Å². The molecule has 2 aliphatic rings. The van der Waals surface area contributed by atoms with E-state index in [0.29, 0.717) is 13.2 Å². The predicted molar refractivity (Wildman–Crippen MR) is 88.5 cm³/mol. The van der Waals surface area contributed by atoms with Gasteiger partial charge in [-0.15, -0.1) is 0 Å². The van der Waals surface area contributed by atoms with E-state index in [1.807, 2.05) is 41.5 Å². The molecule has 130 valence electrons. The lowest BCUT2D eigenvalue weighted by Gasteiger charge is -2.28. The van der Waals surface area contributed by atoms with Crippen molar-refractivity contribution in [2.75, 3.05) is 13.2 Å². The van der Waals surface area contributed by atoms with Crippen LogP contribution in [0.5, 0.6) is 0 Å². The van der Waals surface area contributed by atoms with Gasteiger partial charge in [0.1, 0.15) is 0 Å². The van der Waals surface area contributed by atoms with Gasteiger partial charge in [0.25, 0.3) is 0 Å². The Labute approximate surface area is 139 Å². The third kappa shape index (κ3) is 4.58. The lowest BCUT2D eigenvalue weighted by atomic mass is 9.83. The summed E-state index contributed by atoms with van der Waals surface area (Å²) in [6.07, 6.45) is 4.97. The van der Waals surface area contributed by atoms with Crippen LogP contribution in [0.3, 0.4) is 0 Å². The first-order valence-corrected chi connectivity index (χ1v) is 8.49. The fraction of sp³-hybridized carbons (Fsp3) is 0.789. The van der Waals surface area contributed by atoms with Gasteiger partial charge in [0, 0.05) is 0 Å². The van der Waals surface area contributed by atoms with Crippen molar-refractivity contribution in [1.82, 2.24) is 0 Å². The fourth-order valence-electron chi connectivity index (χ4n) is 3.23. The minimum absolute atomic E-state index is 0.0780. The Morgan fingerprint density at radius 3 is 1.48 bits per heavy atom. The molecule has 0 amide bonds. The van der Waals surface area contributed by atoms with Crippen molar-refractivity contribution in [2.45, 2.75) is 48.0 Å². The van der Waals surface area contributed by atoms with Crippen LogP contribution in [0.15, 0.2) is 12.2 Å². The summed E-state index contributed by atoms with van der Waals surface area (Å²) in [6, 6.07) is 0. The van der Waals surface area contributed by atoms with Crippen molar-refractivity contribution < 1.29 is 19.1 Å². The molecule has 2 bridgehead atoms. The first-order chi connectivity index (χ1) is 10.5. The molecule has 0 unspecified atom stereocenters. The summed E-state index contributed by atoms with van der Waals surface area (Å²) in [7, 11) is 0. The third-order valence-corrected chi connectivity index (χ3v) is 4.30. The summed E-state index contributed by atoms with van der Waals surface area (Å²) in [6.45, 7) is 12.9.